The Bertz CT molecular complexity index is 271. The Morgan fingerprint density at radius 3 is 2.73 bits per heavy atom. The van der Waals surface area contributed by atoms with Crippen LogP contribution in [0.25, 0.3) is 0 Å². The molecule has 0 bridgehead atoms. The zero-order valence-electron chi connectivity index (χ0n) is 6.20. The van der Waals surface area contributed by atoms with Gasteiger partial charge in [0.25, 0.3) is 0 Å². The van der Waals surface area contributed by atoms with Crippen LogP contribution in [-0.2, 0) is 0 Å². The molecule has 3 heteroatoms. The molecule has 0 spiro atoms. The van der Waals surface area contributed by atoms with Gasteiger partial charge in [-0.05, 0) is 30.7 Å². The number of hydrogen-bond acceptors (Lipinski definition) is 2. The minimum absolute atomic E-state index is 0.674. The molecule has 58 valence electrons. The Balaban J connectivity index is 3.09. The monoisotopic (exact) mass is 168 g/mol. The zero-order valence-corrected chi connectivity index (χ0v) is 7.36. The van der Waals surface area contributed by atoms with E-state index in [4.69, 9.17) is 4.52 Å². The van der Waals surface area contributed by atoms with Gasteiger partial charge in [0.2, 0.25) is 0 Å². The molecule has 1 atom stereocenters. The summed E-state index contributed by atoms with van der Waals surface area (Å²) in [5.74, 6) is 0.778. The molecule has 0 aliphatic heterocycles. The van der Waals surface area contributed by atoms with Gasteiger partial charge >= 0.3 is 0 Å². The normalized spacial score (nSPS) is 9.27. The van der Waals surface area contributed by atoms with E-state index in [1.165, 1.54) is 0 Å². The van der Waals surface area contributed by atoms with Crippen LogP contribution < -0.4 is 4.52 Å². The summed E-state index contributed by atoms with van der Waals surface area (Å²) in [6.45, 7) is 1.90. The predicted molar refractivity (Wildman–Crippen MR) is 46.9 cm³/mol. The van der Waals surface area contributed by atoms with Crippen LogP contribution in [0.15, 0.2) is 18.2 Å². The summed E-state index contributed by atoms with van der Waals surface area (Å²) in [6.07, 6.45) is 0.819. The van der Waals surface area contributed by atoms with Gasteiger partial charge in [-0.1, -0.05) is 0 Å². The maximum atomic E-state index is 10.3. The molecule has 0 aliphatic carbocycles. The van der Waals surface area contributed by atoms with Crippen LogP contribution in [0.1, 0.15) is 15.9 Å². The Labute approximate surface area is 67.9 Å². The zero-order chi connectivity index (χ0) is 8.27. The fourth-order valence-corrected chi connectivity index (χ4v) is 1.14. The SMILES string of the molecule is Cc1cc(C=O)ccc1OP. The van der Waals surface area contributed by atoms with Gasteiger partial charge in [-0.3, -0.25) is 4.79 Å². The molecule has 1 aromatic rings. The van der Waals surface area contributed by atoms with Gasteiger partial charge in [0.05, 0.1) is 9.47 Å². The largest absolute Gasteiger partial charge is 0.480 e. The number of carbonyl (C=O) groups excluding carboxylic acids is 1. The molecule has 2 nitrogen and oxygen atoms in total. The van der Waals surface area contributed by atoms with Gasteiger partial charge in [-0.2, -0.15) is 0 Å². The van der Waals surface area contributed by atoms with Crippen LogP contribution in [0.2, 0.25) is 0 Å². The summed E-state index contributed by atoms with van der Waals surface area (Å²) in [6, 6.07) is 5.28. The molecule has 1 rings (SSSR count). The van der Waals surface area contributed by atoms with Gasteiger partial charge in [-0.15, -0.1) is 0 Å². The summed E-state index contributed by atoms with van der Waals surface area (Å²) in [5, 5.41) is 0. The third-order valence-corrected chi connectivity index (χ3v) is 1.72. The molecule has 0 heterocycles. The molecule has 0 aromatic heterocycles. The molecular formula is C8H9O2P. The Morgan fingerprint density at radius 1 is 1.55 bits per heavy atom. The van der Waals surface area contributed by atoms with Crippen LogP contribution in [0.3, 0.4) is 0 Å². The maximum absolute atomic E-state index is 10.3. The second-order valence-electron chi connectivity index (χ2n) is 2.26. The van der Waals surface area contributed by atoms with Crippen molar-refractivity contribution >= 4 is 15.8 Å². The van der Waals surface area contributed by atoms with Crippen molar-refractivity contribution in [3.8, 4) is 5.75 Å². The van der Waals surface area contributed by atoms with Gasteiger partial charge in [0.1, 0.15) is 12.0 Å². The highest BCUT2D eigenvalue weighted by molar-refractivity contribution is 7.10. The second-order valence-corrected chi connectivity index (χ2v) is 2.50. The van der Waals surface area contributed by atoms with E-state index < -0.39 is 0 Å². The van der Waals surface area contributed by atoms with E-state index in [1.54, 1.807) is 18.2 Å². The summed E-state index contributed by atoms with van der Waals surface area (Å²) >= 11 is 0. The second kappa shape index (κ2) is 3.49. The van der Waals surface area contributed by atoms with Crippen molar-refractivity contribution in [3.63, 3.8) is 0 Å². The van der Waals surface area contributed by atoms with Gasteiger partial charge in [0, 0.05) is 5.56 Å². The van der Waals surface area contributed by atoms with Crippen LogP contribution >= 0.6 is 9.47 Å². The smallest absolute Gasteiger partial charge is 0.150 e. The van der Waals surface area contributed by atoms with Gasteiger partial charge in [0.15, 0.2) is 0 Å². The topological polar surface area (TPSA) is 26.3 Å². The number of rotatable bonds is 2. The minimum Gasteiger partial charge on any atom is -0.480 e. The molecule has 0 fully saturated rings. The number of benzene rings is 1. The Hall–Kier alpha value is -0.880. The van der Waals surface area contributed by atoms with E-state index >= 15 is 0 Å². The molecule has 0 aliphatic rings. The lowest BCUT2D eigenvalue weighted by atomic mass is 10.1. The lowest BCUT2D eigenvalue weighted by molar-refractivity contribution is 0.112. The van der Waals surface area contributed by atoms with E-state index in [-0.39, 0.29) is 0 Å². The van der Waals surface area contributed by atoms with Crippen molar-refractivity contribution in [2.45, 2.75) is 6.92 Å². The average molecular weight is 168 g/mol. The molecule has 0 N–H and O–H groups in total. The molecule has 1 aromatic carbocycles. The van der Waals surface area contributed by atoms with Crippen molar-refractivity contribution in [2.75, 3.05) is 0 Å². The van der Waals surface area contributed by atoms with Crippen molar-refractivity contribution in [2.24, 2.45) is 0 Å². The third-order valence-electron chi connectivity index (χ3n) is 1.46. The third kappa shape index (κ3) is 1.78. The standard InChI is InChI=1S/C8H9O2P/c1-6-4-7(5-9)2-3-8(6)10-11/h2-5H,11H2,1H3. The maximum Gasteiger partial charge on any atom is 0.150 e. The van der Waals surface area contributed by atoms with Crippen molar-refractivity contribution in [1.82, 2.24) is 0 Å². The molecule has 0 radical (unpaired) electrons. The highest BCUT2D eigenvalue weighted by Gasteiger charge is 1.97. The summed E-state index contributed by atoms with van der Waals surface area (Å²) in [5.41, 5.74) is 1.64. The quantitative estimate of drug-likeness (QED) is 0.498. The molecule has 0 saturated carbocycles. The van der Waals surface area contributed by atoms with Crippen LogP contribution in [0.5, 0.6) is 5.75 Å². The fraction of sp³-hybridized carbons (Fsp3) is 0.125. The lowest BCUT2D eigenvalue weighted by Gasteiger charge is -2.02. The highest BCUT2D eigenvalue weighted by atomic mass is 31.0. The summed E-state index contributed by atoms with van der Waals surface area (Å²) in [4.78, 5) is 10.3. The van der Waals surface area contributed by atoms with E-state index in [9.17, 15) is 4.79 Å². The first kappa shape index (κ1) is 8.22. The van der Waals surface area contributed by atoms with Crippen molar-refractivity contribution in [1.29, 1.82) is 0 Å². The van der Waals surface area contributed by atoms with E-state index in [0.29, 0.717) is 5.56 Å². The first-order chi connectivity index (χ1) is 5.27. The van der Waals surface area contributed by atoms with Crippen LogP contribution in [-0.4, -0.2) is 6.29 Å². The van der Waals surface area contributed by atoms with Crippen molar-refractivity contribution < 1.29 is 9.32 Å². The van der Waals surface area contributed by atoms with E-state index in [0.717, 1.165) is 17.6 Å². The minimum atomic E-state index is 0.674. The molecule has 11 heavy (non-hydrogen) atoms. The van der Waals surface area contributed by atoms with E-state index in [2.05, 4.69) is 9.47 Å². The number of carbonyl (C=O) groups is 1. The Kier molecular flexibility index (Phi) is 2.61. The fourth-order valence-electron chi connectivity index (χ4n) is 0.878. The average Bonchev–Trinajstić information content (AvgIpc) is 2.04. The summed E-state index contributed by atoms with van der Waals surface area (Å²) in [7, 11) is 2.17. The lowest BCUT2D eigenvalue weighted by Crippen LogP contribution is -1.84. The first-order valence-corrected chi connectivity index (χ1v) is 3.67. The predicted octanol–water partition coefficient (Wildman–Crippen LogP) is 1.98. The summed E-state index contributed by atoms with van der Waals surface area (Å²) < 4.78 is 4.95. The van der Waals surface area contributed by atoms with Gasteiger partial charge < -0.3 is 4.52 Å². The molecule has 0 amide bonds. The highest BCUT2D eigenvalue weighted by Crippen LogP contribution is 2.19. The molecule has 1 unspecified atom stereocenters. The number of aldehydes is 1. The Morgan fingerprint density at radius 2 is 2.27 bits per heavy atom. The van der Waals surface area contributed by atoms with Gasteiger partial charge in [-0.25, -0.2) is 0 Å². The van der Waals surface area contributed by atoms with E-state index in [1.807, 2.05) is 6.92 Å². The molecular weight excluding hydrogens is 159 g/mol. The molecule has 0 saturated heterocycles. The van der Waals surface area contributed by atoms with Crippen LogP contribution in [0.4, 0.5) is 0 Å². The number of aryl methyl sites for hydroxylation is 1. The van der Waals surface area contributed by atoms with Crippen LogP contribution in [0, 0.1) is 6.92 Å². The van der Waals surface area contributed by atoms with Crippen molar-refractivity contribution in [3.05, 3.63) is 29.3 Å². The first-order valence-electron chi connectivity index (χ1n) is 3.20. The number of hydrogen-bond donors (Lipinski definition) is 0.